The van der Waals surface area contributed by atoms with Gasteiger partial charge in [-0.25, -0.2) is 0 Å². The quantitative estimate of drug-likeness (QED) is 0.652. The molecule has 2 nitrogen and oxygen atoms in total. The lowest BCUT2D eigenvalue weighted by molar-refractivity contribution is 0.00578. The molecule has 23 heavy (non-hydrogen) atoms. The first kappa shape index (κ1) is 15.0. The van der Waals surface area contributed by atoms with E-state index < -0.39 is 0 Å². The molecule has 4 rings (SSSR count). The first-order chi connectivity index (χ1) is 10.9. The van der Waals surface area contributed by atoms with Crippen LogP contribution >= 0.6 is 0 Å². The molecule has 2 aromatic rings. The van der Waals surface area contributed by atoms with Gasteiger partial charge in [-0.05, 0) is 61.9 Å². The Kier molecular flexibility index (Phi) is 3.23. The Morgan fingerprint density at radius 3 is 2.26 bits per heavy atom. The van der Waals surface area contributed by atoms with Crippen LogP contribution < -0.4 is 0 Å². The summed E-state index contributed by atoms with van der Waals surface area (Å²) in [4.78, 5) is 0. The number of benzene rings is 2. The summed E-state index contributed by atoms with van der Waals surface area (Å²) >= 11 is 0. The maximum atomic E-state index is 6.13. The molecule has 0 atom stereocenters. The van der Waals surface area contributed by atoms with Crippen molar-refractivity contribution in [1.29, 1.82) is 0 Å². The fourth-order valence-electron chi connectivity index (χ4n) is 3.54. The Morgan fingerprint density at radius 2 is 1.52 bits per heavy atom. The number of rotatable bonds is 2. The van der Waals surface area contributed by atoms with E-state index >= 15 is 0 Å². The highest BCUT2D eigenvalue weighted by Gasteiger charge is 2.50. The molecule has 0 N–H and O–H groups in total. The predicted octanol–water partition coefficient (Wildman–Crippen LogP) is 4.43. The summed E-state index contributed by atoms with van der Waals surface area (Å²) in [5, 5.41) is 0. The topological polar surface area (TPSA) is 18.5 Å². The van der Waals surface area contributed by atoms with Crippen molar-refractivity contribution in [2.45, 2.75) is 51.6 Å². The van der Waals surface area contributed by atoms with Crippen LogP contribution in [0.15, 0.2) is 42.5 Å². The van der Waals surface area contributed by atoms with Gasteiger partial charge in [0.1, 0.15) is 0 Å². The molecule has 1 aliphatic heterocycles. The zero-order valence-corrected chi connectivity index (χ0v) is 14.3. The largest absolute Gasteiger partial charge is 0.462 e. The van der Waals surface area contributed by atoms with E-state index in [1.165, 1.54) is 27.8 Å². The van der Waals surface area contributed by atoms with Crippen molar-refractivity contribution >= 4 is 7.12 Å². The standard InChI is InChI=1S/C20H23BO2/c1-19(2)20(3,4)23-21(22-19)13-14-9-10-16-12-15-7-5-6-8-17(15)18(16)11-14/h5-11H,12-13H2,1-4H3. The summed E-state index contributed by atoms with van der Waals surface area (Å²) in [6, 6.07) is 15.5. The van der Waals surface area contributed by atoms with Crippen LogP contribution in [-0.4, -0.2) is 18.3 Å². The van der Waals surface area contributed by atoms with E-state index in [4.69, 9.17) is 9.31 Å². The summed E-state index contributed by atoms with van der Waals surface area (Å²) in [5.41, 5.74) is 6.34. The van der Waals surface area contributed by atoms with E-state index in [2.05, 4.69) is 70.2 Å². The molecule has 3 heteroatoms. The third-order valence-corrected chi connectivity index (χ3v) is 5.57. The first-order valence-electron chi connectivity index (χ1n) is 8.41. The summed E-state index contributed by atoms with van der Waals surface area (Å²) in [6.07, 6.45) is 1.84. The molecule has 0 unspecified atom stereocenters. The molecule has 118 valence electrons. The predicted molar refractivity (Wildman–Crippen MR) is 94.5 cm³/mol. The Balaban J connectivity index is 1.59. The van der Waals surface area contributed by atoms with Crippen molar-refractivity contribution in [3.05, 3.63) is 59.2 Å². The molecule has 0 bridgehead atoms. The summed E-state index contributed by atoms with van der Waals surface area (Å²) in [6.45, 7) is 8.41. The molecule has 1 aliphatic carbocycles. The van der Waals surface area contributed by atoms with Crippen molar-refractivity contribution in [3.8, 4) is 11.1 Å². The molecule has 1 saturated heterocycles. The second-order valence-electron chi connectivity index (χ2n) is 7.72. The summed E-state index contributed by atoms with van der Waals surface area (Å²) in [5.74, 6) is 0. The Hall–Kier alpha value is -1.58. The highest BCUT2D eigenvalue weighted by molar-refractivity contribution is 6.45. The lowest BCUT2D eigenvalue weighted by atomic mass is 9.80. The maximum absolute atomic E-state index is 6.13. The summed E-state index contributed by atoms with van der Waals surface area (Å²) < 4.78 is 12.3. The lowest BCUT2D eigenvalue weighted by Gasteiger charge is -2.32. The fraction of sp³-hybridized carbons (Fsp3) is 0.400. The normalized spacial score (nSPS) is 20.4. The molecule has 0 radical (unpaired) electrons. The molecule has 2 aliphatic rings. The number of hydrogen-bond acceptors (Lipinski definition) is 2. The van der Waals surface area contributed by atoms with Crippen LogP contribution in [0.4, 0.5) is 0 Å². The molecule has 1 heterocycles. The zero-order valence-electron chi connectivity index (χ0n) is 14.3. The molecule has 0 saturated carbocycles. The smallest absolute Gasteiger partial charge is 0.403 e. The van der Waals surface area contributed by atoms with Crippen LogP contribution in [0.5, 0.6) is 0 Å². The molecule has 0 aromatic heterocycles. The van der Waals surface area contributed by atoms with Gasteiger partial charge in [-0.2, -0.15) is 0 Å². The Labute approximate surface area is 139 Å². The molecular formula is C20H23BO2. The van der Waals surface area contributed by atoms with E-state index in [1.807, 2.05) is 0 Å². The van der Waals surface area contributed by atoms with Crippen molar-refractivity contribution in [1.82, 2.24) is 0 Å². The third-order valence-electron chi connectivity index (χ3n) is 5.57. The zero-order chi connectivity index (χ0) is 16.2. The van der Waals surface area contributed by atoms with Gasteiger partial charge in [-0.15, -0.1) is 0 Å². The maximum Gasteiger partial charge on any atom is 0.462 e. The van der Waals surface area contributed by atoms with Gasteiger partial charge in [0, 0.05) is 6.32 Å². The molecule has 0 spiro atoms. The van der Waals surface area contributed by atoms with E-state index in [9.17, 15) is 0 Å². The molecule has 2 aromatic carbocycles. The molecule has 1 fully saturated rings. The van der Waals surface area contributed by atoms with E-state index in [1.54, 1.807) is 0 Å². The van der Waals surface area contributed by atoms with Gasteiger partial charge >= 0.3 is 7.12 Å². The van der Waals surface area contributed by atoms with Crippen LogP contribution in [-0.2, 0) is 22.0 Å². The highest BCUT2D eigenvalue weighted by atomic mass is 16.7. The fourth-order valence-corrected chi connectivity index (χ4v) is 3.54. The minimum atomic E-state index is -0.263. The van der Waals surface area contributed by atoms with Gasteiger partial charge in [-0.3, -0.25) is 0 Å². The Bertz CT molecular complexity index is 748. The van der Waals surface area contributed by atoms with Gasteiger partial charge in [-0.1, -0.05) is 42.5 Å². The van der Waals surface area contributed by atoms with Gasteiger partial charge in [0.15, 0.2) is 0 Å². The van der Waals surface area contributed by atoms with Crippen molar-refractivity contribution < 1.29 is 9.31 Å². The van der Waals surface area contributed by atoms with E-state index in [-0.39, 0.29) is 18.3 Å². The summed E-state index contributed by atoms with van der Waals surface area (Å²) in [7, 11) is -0.172. The number of hydrogen-bond donors (Lipinski definition) is 0. The second-order valence-corrected chi connectivity index (χ2v) is 7.72. The highest BCUT2D eigenvalue weighted by Crippen LogP contribution is 2.39. The minimum Gasteiger partial charge on any atom is -0.403 e. The molecular weight excluding hydrogens is 283 g/mol. The van der Waals surface area contributed by atoms with Crippen LogP contribution in [0.3, 0.4) is 0 Å². The van der Waals surface area contributed by atoms with Crippen LogP contribution in [0, 0.1) is 0 Å². The average molecular weight is 306 g/mol. The van der Waals surface area contributed by atoms with Crippen molar-refractivity contribution in [2.24, 2.45) is 0 Å². The molecule has 0 amide bonds. The van der Waals surface area contributed by atoms with Crippen LogP contribution in [0.1, 0.15) is 44.4 Å². The van der Waals surface area contributed by atoms with Crippen LogP contribution in [0.25, 0.3) is 11.1 Å². The SMILES string of the molecule is CC1(C)OB(Cc2ccc3c(c2)-c2ccccc2C3)OC1(C)C. The third kappa shape index (κ3) is 2.43. The first-order valence-corrected chi connectivity index (χ1v) is 8.41. The van der Waals surface area contributed by atoms with E-state index in [0.717, 1.165) is 12.7 Å². The Morgan fingerprint density at radius 1 is 0.870 bits per heavy atom. The van der Waals surface area contributed by atoms with Crippen LogP contribution in [0.2, 0.25) is 0 Å². The van der Waals surface area contributed by atoms with Crippen molar-refractivity contribution in [2.75, 3.05) is 0 Å². The number of fused-ring (bicyclic) bond motifs is 3. The van der Waals surface area contributed by atoms with Gasteiger partial charge < -0.3 is 9.31 Å². The lowest BCUT2D eigenvalue weighted by Crippen LogP contribution is -2.41. The second kappa shape index (κ2) is 4.96. The van der Waals surface area contributed by atoms with Gasteiger partial charge in [0.05, 0.1) is 11.2 Å². The monoisotopic (exact) mass is 306 g/mol. The van der Waals surface area contributed by atoms with Crippen molar-refractivity contribution in [3.63, 3.8) is 0 Å². The minimum absolute atomic E-state index is 0.172. The van der Waals surface area contributed by atoms with Gasteiger partial charge in [0.25, 0.3) is 0 Å². The average Bonchev–Trinajstić information content (AvgIpc) is 2.93. The van der Waals surface area contributed by atoms with Gasteiger partial charge in [0.2, 0.25) is 0 Å². The van der Waals surface area contributed by atoms with E-state index in [0.29, 0.717) is 0 Å².